The van der Waals surface area contributed by atoms with E-state index < -0.39 is 29.8 Å². The minimum Gasteiger partial charge on any atom is -0.480 e. The Labute approximate surface area is 119 Å². The monoisotopic (exact) mass is 304 g/mol. The molecular formula is C13H15F3N2O3. The molecule has 8 heteroatoms. The van der Waals surface area contributed by atoms with E-state index in [0.29, 0.717) is 6.07 Å². The molecule has 0 unspecified atom stereocenters. The van der Waals surface area contributed by atoms with Crippen LogP contribution < -0.4 is 5.32 Å². The highest BCUT2D eigenvalue weighted by Gasteiger charge is 2.33. The molecule has 0 radical (unpaired) electrons. The lowest BCUT2D eigenvalue weighted by atomic mass is 10.0. The Hall–Kier alpha value is -2.12. The largest absolute Gasteiger partial charge is 0.480 e. The summed E-state index contributed by atoms with van der Waals surface area (Å²) in [5.74, 6) is -2.35. The van der Waals surface area contributed by atoms with Gasteiger partial charge in [-0.25, -0.2) is 9.78 Å². The molecule has 0 aromatic carbocycles. The van der Waals surface area contributed by atoms with E-state index in [9.17, 15) is 22.8 Å². The third-order valence-electron chi connectivity index (χ3n) is 2.84. The summed E-state index contributed by atoms with van der Waals surface area (Å²) in [7, 11) is 0. The molecule has 2 N–H and O–H groups in total. The molecule has 0 aliphatic heterocycles. The third kappa shape index (κ3) is 4.17. The van der Waals surface area contributed by atoms with Crippen LogP contribution in [0.5, 0.6) is 0 Å². The van der Waals surface area contributed by atoms with Crippen molar-refractivity contribution >= 4 is 11.9 Å². The molecule has 0 aliphatic rings. The molecule has 1 amide bonds. The number of aromatic nitrogens is 1. The van der Waals surface area contributed by atoms with Crippen molar-refractivity contribution in [1.82, 2.24) is 10.3 Å². The number of hydrogen-bond acceptors (Lipinski definition) is 3. The molecule has 1 rings (SSSR count). The Morgan fingerprint density at radius 1 is 1.29 bits per heavy atom. The van der Waals surface area contributed by atoms with Crippen molar-refractivity contribution in [3.8, 4) is 0 Å². The fraction of sp³-hybridized carbons (Fsp3) is 0.462. The molecule has 0 aliphatic carbocycles. The molecule has 21 heavy (non-hydrogen) atoms. The maximum atomic E-state index is 12.5. The van der Waals surface area contributed by atoms with Gasteiger partial charge in [0.15, 0.2) is 0 Å². The number of amides is 1. The van der Waals surface area contributed by atoms with Crippen molar-refractivity contribution in [2.24, 2.45) is 5.92 Å². The number of nitrogens with zero attached hydrogens (tertiary/aromatic N) is 1. The van der Waals surface area contributed by atoms with Crippen molar-refractivity contribution < 1.29 is 27.9 Å². The van der Waals surface area contributed by atoms with Gasteiger partial charge in [0.1, 0.15) is 11.7 Å². The van der Waals surface area contributed by atoms with Crippen LogP contribution in [0.1, 0.15) is 35.6 Å². The van der Waals surface area contributed by atoms with Crippen LogP contribution >= 0.6 is 0 Å². The fourth-order valence-electron chi connectivity index (χ4n) is 1.69. The van der Waals surface area contributed by atoms with E-state index in [0.717, 1.165) is 6.07 Å². The molecule has 1 atom stereocenters. The predicted molar refractivity (Wildman–Crippen MR) is 67.7 cm³/mol. The summed E-state index contributed by atoms with van der Waals surface area (Å²) in [6.45, 7) is 4.48. The van der Waals surface area contributed by atoms with Gasteiger partial charge in [0.2, 0.25) is 0 Å². The van der Waals surface area contributed by atoms with Gasteiger partial charge in [0.25, 0.3) is 5.91 Å². The number of aryl methyl sites for hydroxylation is 1. The Morgan fingerprint density at radius 3 is 2.24 bits per heavy atom. The average molecular weight is 304 g/mol. The number of carbonyl (C=O) groups excluding carboxylic acids is 1. The third-order valence-corrected chi connectivity index (χ3v) is 2.84. The first-order valence-corrected chi connectivity index (χ1v) is 6.12. The highest BCUT2D eigenvalue weighted by atomic mass is 19.4. The van der Waals surface area contributed by atoms with Crippen LogP contribution in [0.25, 0.3) is 0 Å². The van der Waals surface area contributed by atoms with Gasteiger partial charge < -0.3 is 10.4 Å². The molecule has 5 nitrogen and oxygen atoms in total. The molecular weight excluding hydrogens is 289 g/mol. The summed E-state index contributed by atoms with van der Waals surface area (Å²) in [5, 5.41) is 11.3. The van der Waals surface area contributed by atoms with E-state index in [1.54, 1.807) is 13.8 Å². The summed E-state index contributed by atoms with van der Waals surface area (Å²) in [6.07, 6.45) is -4.60. The zero-order valence-corrected chi connectivity index (χ0v) is 11.7. The van der Waals surface area contributed by atoms with Crippen LogP contribution in [0, 0.1) is 12.8 Å². The van der Waals surface area contributed by atoms with Crippen LogP contribution in [0.2, 0.25) is 0 Å². The maximum absolute atomic E-state index is 12.5. The van der Waals surface area contributed by atoms with Gasteiger partial charge >= 0.3 is 12.1 Å². The van der Waals surface area contributed by atoms with Gasteiger partial charge in [-0.3, -0.25) is 4.79 Å². The van der Waals surface area contributed by atoms with Crippen LogP contribution in [-0.2, 0) is 11.0 Å². The first-order chi connectivity index (χ1) is 9.54. The van der Waals surface area contributed by atoms with Gasteiger partial charge in [-0.05, 0) is 25.0 Å². The molecule has 0 spiro atoms. The zero-order valence-electron chi connectivity index (χ0n) is 11.7. The maximum Gasteiger partial charge on any atom is 0.433 e. The van der Waals surface area contributed by atoms with Crippen molar-refractivity contribution in [2.45, 2.75) is 33.0 Å². The number of hydrogen-bond donors (Lipinski definition) is 2. The normalized spacial score (nSPS) is 13.1. The number of carboxylic acid groups (broad SMARTS) is 1. The van der Waals surface area contributed by atoms with Crippen LogP contribution in [-0.4, -0.2) is 28.0 Å². The smallest absolute Gasteiger partial charge is 0.433 e. The summed E-state index contributed by atoms with van der Waals surface area (Å²) in [4.78, 5) is 26.3. The molecule has 1 heterocycles. The lowest BCUT2D eigenvalue weighted by Crippen LogP contribution is -2.44. The first-order valence-electron chi connectivity index (χ1n) is 6.12. The minimum absolute atomic E-state index is 0.0881. The fourth-order valence-corrected chi connectivity index (χ4v) is 1.69. The number of pyridine rings is 1. The number of aliphatic carboxylic acids is 1. The second-order valence-corrected chi connectivity index (χ2v) is 4.86. The van der Waals surface area contributed by atoms with Crippen molar-refractivity contribution in [3.05, 3.63) is 29.1 Å². The first kappa shape index (κ1) is 16.9. The summed E-state index contributed by atoms with van der Waals surface area (Å²) in [5.41, 5.74) is -1.31. The van der Waals surface area contributed by atoms with E-state index in [1.807, 2.05) is 0 Å². The molecule has 0 bridgehead atoms. The number of nitrogens with one attached hydrogen (secondary N) is 1. The van der Waals surface area contributed by atoms with E-state index in [4.69, 9.17) is 5.11 Å². The Morgan fingerprint density at radius 2 is 1.86 bits per heavy atom. The minimum atomic E-state index is -4.60. The van der Waals surface area contributed by atoms with E-state index in [1.165, 1.54) is 6.92 Å². The highest BCUT2D eigenvalue weighted by molar-refractivity contribution is 5.97. The average Bonchev–Trinajstić information content (AvgIpc) is 2.33. The van der Waals surface area contributed by atoms with Crippen molar-refractivity contribution in [2.75, 3.05) is 0 Å². The molecule has 1 aromatic rings. The zero-order chi connectivity index (χ0) is 16.4. The Kier molecular flexibility index (Phi) is 4.93. The SMILES string of the molecule is Cc1nc(C(F)(F)F)ccc1C(=O)N[C@H](C(=O)O)C(C)C. The van der Waals surface area contributed by atoms with E-state index >= 15 is 0 Å². The summed E-state index contributed by atoms with van der Waals surface area (Å²) >= 11 is 0. The predicted octanol–water partition coefficient (Wildman–Crippen LogP) is 2.25. The number of rotatable bonds is 4. The van der Waals surface area contributed by atoms with Gasteiger partial charge in [-0.1, -0.05) is 13.8 Å². The van der Waals surface area contributed by atoms with Crippen molar-refractivity contribution in [1.29, 1.82) is 0 Å². The topological polar surface area (TPSA) is 79.3 Å². The second-order valence-electron chi connectivity index (χ2n) is 4.86. The molecule has 0 saturated carbocycles. The van der Waals surface area contributed by atoms with Crippen LogP contribution in [0.15, 0.2) is 12.1 Å². The highest BCUT2D eigenvalue weighted by Crippen LogP contribution is 2.28. The van der Waals surface area contributed by atoms with Gasteiger partial charge in [-0.2, -0.15) is 13.2 Å². The number of halogens is 3. The van der Waals surface area contributed by atoms with Gasteiger partial charge in [0.05, 0.1) is 11.3 Å². The number of carboxylic acids is 1. The van der Waals surface area contributed by atoms with Gasteiger partial charge in [-0.15, -0.1) is 0 Å². The number of carbonyl (C=O) groups is 2. The van der Waals surface area contributed by atoms with Gasteiger partial charge in [0, 0.05) is 0 Å². The molecule has 0 fully saturated rings. The number of alkyl halides is 3. The standard InChI is InChI=1S/C13H15F3N2O3/c1-6(2)10(12(20)21)18-11(19)8-4-5-9(13(14,15)16)17-7(8)3/h4-6,10H,1-3H3,(H,18,19)(H,20,21)/t10-/m0/s1. The van der Waals surface area contributed by atoms with Crippen molar-refractivity contribution in [3.63, 3.8) is 0 Å². The molecule has 0 saturated heterocycles. The Balaban J connectivity index is 3.01. The second kappa shape index (κ2) is 6.11. The summed E-state index contributed by atoms with van der Waals surface area (Å²) in [6, 6.07) is 0.548. The molecule has 1 aromatic heterocycles. The quantitative estimate of drug-likeness (QED) is 0.894. The summed E-state index contributed by atoms with van der Waals surface area (Å²) < 4.78 is 37.4. The lowest BCUT2D eigenvalue weighted by Gasteiger charge is -2.18. The molecule has 116 valence electrons. The lowest BCUT2D eigenvalue weighted by molar-refractivity contribution is -0.141. The van der Waals surface area contributed by atoms with E-state index in [-0.39, 0.29) is 17.2 Å². The van der Waals surface area contributed by atoms with E-state index in [2.05, 4.69) is 10.3 Å². The van der Waals surface area contributed by atoms with Crippen LogP contribution in [0.4, 0.5) is 13.2 Å². The Bertz CT molecular complexity index is 556. The van der Waals surface area contributed by atoms with Crippen LogP contribution in [0.3, 0.4) is 0 Å².